The van der Waals surface area contributed by atoms with Crippen molar-refractivity contribution in [3.05, 3.63) is 63.9 Å². The van der Waals surface area contributed by atoms with Gasteiger partial charge in [0.05, 0.1) is 11.7 Å². The van der Waals surface area contributed by atoms with Crippen LogP contribution in [0.2, 0.25) is 0 Å². The molecular weight excluding hydrogens is 316 g/mol. The smallest absolute Gasteiger partial charge is 0.159 e. The van der Waals surface area contributed by atoms with Gasteiger partial charge in [-0.25, -0.2) is 8.78 Å². The van der Waals surface area contributed by atoms with E-state index in [1.165, 1.54) is 12.1 Å². The van der Waals surface area contributed by atoms with Crippen molar-refractivity contribution in [3.63, 3.8) is 0 Å². The summed E-state index contributed by atoms with van der Waals surface area (Å²) in [4.78, 5) is 4.23. The fourth-order valence-corrected chi connectivity index (χ4v) is 1.98. The molecule has 0 amide bonds. The minimum absolute atomic E-state index is 0.266. The van der Waals surface area contributed by atoms with E-state index < -0.39 is 11.6 Å². The van der Waals surface area contributed by atoms with Crippen LogP contribution in [0.5, 0.6) is 0 Å². The summed E-state index contributed by atoms with van der Waals surface area (Å²) in [5.74, 6) is 3.77. The van der Waals surface area contributed by atoms with Crippen LogP contribution in [0.3, 0.4) is 0 Å². The first-order chi connectivity index (χ1) is 9.10. The maximum absolute atomic E-state index is 13.1. The van der Waals surface area contributed by atoms with E-state index in [-0.39, 0.29) is 6.04 Å². The van der Waals surface area contributed by atoms with E-state index in [9.17, 15) is 8.78 Å². The molecule has 1 atom stereocenters. The van der Waals surface area contributed by atoms with E-state index in [0.717, 1.165) is 16.2 Å². The Kier molecular flexibility index (Phi) is 4.57. The van der Waals surface area contributed by atoms with Crippen LogP contribution in [-0.2, 0) is 6.42 Å². The average molecular weight is 328 g/mol. The third kappa shape index (κ3) is 3.56. The first kappa shape index (κ1) is 14.0. The zero-order valence-corrected chi connectivity index (χ0v) is 11.5. The van der Waals surface area contributed by atoms with Crippen LogP contribution in [0.1, 0.15) is 17.3 Å². The summed E-state index contributed by atoms with van der Waals surface area (Å²) >= 11 is 3.30. The summed E-state index contributed by atoms with van der Waals surface area (Å²) in [6.07, 6.45) is 2.08. The topological polar surface area (TPSA) is 50.9 Å². The number of hydrogen-bond acceptors (Lipinski definition) is 3. The summed E-state index contributed by atoms with van der Waals surface area (Å²) in [5.41, 5.74) is 4.00. The van der Waals surface area contributed by atoms with Gasteiger partial charge in [0, 0.05) is 10.7 Å². The fourth-order valence-electron chi connectivity index (χ4n) is 1.74. The van der Waals surface area contributed by atoms with E-state index >= 15 is 0 Å². The molecular formula is C13H12BrF2N3. The number of nitrogens with one attached hydrogen (secondary N) is 1. The van der Waals surface area contributed by atoms with Crippen LogP contribution in [0.25, 0.3) is 0 Å². The summed E-state index contributed by atoms with van der Waals surface area (Å²) in [6, 6.07) is 7.19. The van der Waals surface area contributed by atoms with E-state index in [1.54, 1.807) is 6.20 Å². The van der Waals surface area contributed by atoms with Gasteiger partial charge in [-0.1, -0.05) is 6.07 Å². The van der Waals surface area contributed by atoms with Gasteiger partial charge in [0.15, 0.2) is 11.6 Å². The Morgan fingerprint density at radius 3 is 2.58 bits per heavy atom. The number of nitrogens with two attached hydrogens (primary N) is 1. The van der Waals surface area contributed by atoms with Crippen molar-refractivity contribution in [1.29, 1.82) is 0 Å². The molecule has 0 spiro atoms. The van der Waals surface area contributed by atoms with Gasteiger partial charge in [0.2, 0.25) is 0 Å². The summed E-state index contributed by atoms with van der Waals surface area (Å²) in [6.45, 7) is 0. The molecule has 0 aliphatic heterocycles. The molecule has 1 aromatic carbocycles. The molecule has 0 aliphatic carbocycles. The molecule has 2 rings (SSSR count). The molecule has 0 radical (unpaired) electrons. The monoisotopic (exact) mass is 327 g/mol. The lowest BCUT2D eigenvalue weighted by molar-refractivity contribution is 0.501. The van der Waals surface area contributed by atoms with Crippen molar-refractivity contribution >= 4 is 15.9 Å². The highest BCUT2D eigenvalue weighted by Crippen LogP contribution is 2.19. The highest BCUT2D eigenvalue weighted by molar-refractivity contribution is 9.10. The van der Waals surface area contributed by atoms with Crippen LogP contribution in [0.15, 0.2) is 41.0 Å². The van der Waals surface area contributed by atoms with E-state index in [0.29, 0.717) is 12.0 Å². The van der Waals surface area contributed by atoms with Crippen LogP contribution in [0, 0.1) is 11.6 Å². The number of hydrogen-bond donors (Lipinski definition) is 2. The Balaban J connectivity index is 2.18. The lowest BCUT2D eigenvalue weighted by Crippen LogP contribution is -2.30. The molecule has 6 heteroatoms. The van der Waals surface area contributed by atoms with Gasteiger partial charge in [-0.3, -0.25) is 16.3 Å². The van der Waals surface area contributed by atoms with Crippen molar-refractivity contribution in [3.8, 4) is 0 Å². The second-order valence-corrected chi connectivity index (χ2v) is 4.99. The fraction of sp³-hybridized carbons (Fsp3) is 0.154. The Bertz CT molecular complexity index is 560. The molecule has 0 saturated heterocycles. The second-order valence-electron chi connectivity index (χ2n) is 4.07. The lowest BCUT2D eigenvalue weighted by atomic mass is 10.0. The van der Waals surface area contributed by atoms with Crippen molar-refractivity contribution in [2.75, 3.05) is 0 Å². The standard InChI is InChI=1S/C13H12BrF2N3/c14-9-2-4-12(18-7-9)13(19-17)6-8-1-3-10(15)11(16)5-8/h1-5,7,13,19H,6,17H2. The molecule has 0 saturated carbocycles. The Morgan fingerprint density at radius 2 is 2.00 bits per heavy atom. The molecule has 19 heavy (non-hydrogen) atoms. The van der Waals surface area contributed by atoms with Gasteiger partial charge in [-0.05, 0) is 52.2 Å². The van der Waals surface area contributed by atoms with Gasteiger partial charge in [-0.2, -0.15) is 0 Å². The van der Waals surface area contributed by atoms with Crippen molar-refractivity contribution in [1.82, 2.24) is 10.4 Å². The number of benzene rings is 1. The van der Waals surface area contributed by atoms with E-state index in [2.05, 4.69) is 26.3 Å². The molecule has 3 nitrogen and oxygen atoms in total. The SMILES string of the molecule is NNC(Cc1ccc(F)c(F)c1)c1ccc(Br)cn1. The van der Waals surface area contributed by atoms with Crippen molar-refractivity contribution in [2.24, 2.45) is 5.84 Å². The molecule has 1 unspecified atom stereocenters. The zero-order valence-electron chi connectivity index (χ0n) is 9.91. The van der Waals surface area contributed by atoms with Gasteiger partial charge in [0.25, 0.3) is 0 Å². The predicted octanol–water partition coefficient (Wildman–Crippen LogP) is 2.87. The van der Waals surface area contributed by atoms with Crippen LogP contribution in [0.4, 0.5) is 8.78 Å². The second kappa shape index (κ2) is 6.18. The summed E-state index contributed by atoms with van der Waals surface area (Å²) in [7, 11) is 0. The molecule has 0 aliphatic rings. The first-order valence-corrected chi connectivity index (χ1v) is 6.41. The third-order valence-corrected chi connectivity index (χ3v) is 3.20. The van der Waals surface area contributed by atoms with Crippen LogP contribution < -0.4 is 11.3 Å². The number of nitrogens with zero attached hydrogens (tertiary/aromatic N) is 1. The van der Waals surface area contributed by atoms with Crippen LogP contribution in [-0.4, -0.2) is 4.98 Å². The number of rotatable bonds is 4. The quantitative estimate of drug-likeness (QED) is 0.670. The molecule has 100 valence electrons. The molecule has 0 fully saturated rings. The highest BCUT2D eigenvalue weighted by Gasteiger charge is 2.13. The maximum Gasteiger partial charge on any atom is 0.159 e. The Morgan fingerprint density at radius 1 is 1.21 bits per heavy atom. The minimum atomic E-state index is -0.864. The molecule has 0 bridgehead atoms. The number of hydrazine groups is 1. The number of halogens is 3. The summed E-state index contributed by atoms with van der Waals surface area (Å²) < 4.78 is 26.9. The van der Waals surface area contributed by atoms with E-state index in [1.807, 2.05) is 12.1 Å². The maximum atomic E-state index is 13.1. The van der Waals surface area contributed by atoms with Crippen molar-refractivity contribution in [2.45, 2.75) is 12.5 Å². The minimum Gasteiger partial charge on any atom is -0.271 e. The van der Waals surface area contributed by atoms with Crippen LogP contribution >= 0.6 is 15.9 Å². The third-order valence-electron chi connectivity index (χ3n) is 2.73. The van der Waals surface area contributed by atoms with Gasteiger partial charge < -0.3 is 0 Å². The molecule has 3 N–H and O–H groups in total. The zero-order chi connectivity index (χ0) is 13.8. The molecule has 1 heterocycles. The van der Waals surface area contributed by atoms with Gasteiger partial charge >= 0.3 is 0 Å². The van der Waals surface area contributed by atoms with Crippen molar-refractivity contribution < 1.29 is 8.78 Å². The normalized spacial score (nSPS) is 12.4. The summed E-state index contributed by atoms with van der Waals surface area (Å²) in [5, 5.41) is 0. The number of aromatic nitrogens is 1. The Labute approximate surface area is 117 Å². The number of pyridine rings is 1. The molecule has 1 aromatic heterocycles. The highest BCUT2D eigenvalue weighted by atomic mass is 79.9. The first-order valence-electron chi connectivity index (χ1n) is 5.61. The van der Waals surface area contributed by atoms with Gasteiger partial charge in [-0.15, -0.1) is 0 Å². The Hall–Kier alpha value is -1.37. The van der Waals surface area contributed by atoms with E-state index in [4.69, 9.17) is 5.84 Å². The average Bonchev–Trinajstić information content (AvgIpc) is 2.41. The predicted molar refractivity (Wildman–Crippen MR) is 72.1 cm³/mol. The largest absolute Gasteiger partial charge is 0.271 e. The molecule has 2 aromatic rings. The van der Waals surface area contributed by atoms with Gasteiger partial charge in [0.1, 0.15) is 0 Å². The lowest BCUT2D eigenvalue weighted by Gasteiger charge is -2.15.